The highest BCUT2D eigenvalue weighted by Crippen LogP contribution is 2.11. The van der Waals surface area contributed by atoms with Crippen LogP contribution in [0.25, 0.3) is 6.08 Å². The van der Waals surface area contributed by atoms with Crippen molar-refractivity contribution in [1.29, 1.82) is 0 Å². The normalized spacial score (nSPS) is 10.6. The molecule has 1 aromatic heterocycles. The maximum atomic E-state index is 11.8. The summed E-state index contributed by atoms with van der Waals surface area (Å²) in [5, 5.41) is 8.30. The van der Waals surface area contributed by atoms with Crippen molar-refractivity contribution in [2.75, 3.05) is 11.9 Å². The van der Waals surface area contributed by atoms with E-state index in [0.29, 0.717) is 17.8 Å². The van der Waals surface area contributed by atoms with Gasteiger partial charge in [0.15, 0.2) is 0 Å². The second-order valence-corrected chi connectivity index (χ2v) is 5.61. The Morgan fingerprint density at radius 2 is 2.00 bits per heavy atom. The molecule has 1 aromatic carbocycles. The Hall–Kier alpha value is -2.47. The quantitative estimate of drug-likeness (QED) is 0.834. The molecule has 114 valence electrons. The standard InChI is InChI=1S/C16H17N3O2S/c1-3-17-16(21)12-4-6-13(7-5-12)19-15(20)9-8-14-10-22-11(2)18-14/h4-10H,3H2,1-2H3,(H,17,21)(H,19,20). The van der Waals surface area contributed by atoms with Crippen molar-refractivity contribution in [3.63, 3.8) is 0 Å². The number of amides is 2. The fourth-order valence-electron chi connectivity index (χ4n) is 1.77. The smallest absolute Gasteiger partial charge is 0.251 e. The zero-order valence-electron chi connectivity index (χ0n) is 12.4. The number of hydrogen-bond donors (Lipinski definition) is 2. The van der Waals surface area contributed by atoms with E-state index in [9.17, 15) is 9.59 Å². The van der Waals surface area contributed by atoms with E-state index in [2.05, 4.69) is 15.6 Å². The van der Waals surface area contributed by atoms with E-state index >= 15 is 0 Å². The van der Waals surface area contributed by atoms with Crippen molar-refractivity contribution >= 4 is 34.9 Å². The van der Waals surface area contributed by atoms with Crippen LogP contribution in [0.4, 0.5) is 5.69 Å². The first kappa shape index (κ1) is 15.9. The molecule has 0 bridgehead atoms. The molecular weight excluding hydrogens is 298 g/mol. The molecule has 0 atom stereocenters. The van der Waals surface area contributed by atoms with Crippen LogP contribution in [0.1, 0.15) is 28.0 Å². The highest BCUT2D eigenvalue weighted by Gasteiger charge is 2.04. The number of hydrogen-bond acceptors (Lipinski definition) is 4. The maximum absolute atomic E-state index is 11.8. The van der Waals surface area contributed by atoms with E-state index in [0.717, 1.165) is 10.7 Å². The van der Waals surface area contributed by atoms with E-state index in [1.807, 2.05) is 19.2 Å². The molecule has 2 amide bonds. The lowest BCUT2D eigenvalue weighted by Gasteiger charge is -2.04. The summed E-state index contributed by atoms with van der Waals surface area (Å²) in [7, 11) is 0. The molecule has 5 nitrogen and oxygen atoms in total. The Bertz CT molecular complexity index is 690. The average molecular weight is 315 g/mol. The molecule has 6 heteroatoms. The molecule has 2 N–H and O–H groups in total. The van der Waals surface area contributed by atoms with E-state index in [1.54, 1.807) is 30.3 Å². The van der Waals surface area contributed by atoms with Crippen LogP contribution in [0.2, 0.25) is 0 Å². The first-order valence-electron chi connectivity index (χ1n) is 6.88. The van der Waals surface area contributed by atoms with Crippen molar-refractivity contribution in [2.24, 2.45) is 0 Å². The summed E-state index contributed by atoms with van der Waals surface area (Å²) in [5.41, 5.74) is 1.97. The zero-order chi connectivity index (χ0) is 15.9. The molecule has 0 aliphatic rings. The number of benzene rings is 1. The number of nitrogens with zero attached hydrogens (tertiary/aromatic N) is 1. The van der Waals surface area contributed by atoms with Gasteiger partial charge in [0.1, 0.15) is 0 Å². The molecule has 22 heavy (non-hydrogen) atoms. The van der Waals surface area contributed by atoms with Gasteiger partial charge in [-0.1, -0.05) is 0 Å². The van der Waals surface area contributed by atoms with E-state index in [-0.39, 0.29) is 11.8 Å². The number of aryl methyl sites for hydroxylation is 1. The first-order chi connectivity index (χ1) is 10.6. The monoisotopic (exact) mass is 315 g/mol. The lowest BCUT2D eigenvalue weighted by molar-refractivity contribution is -0.111. The van der Waals surface area contributed by atoms with Gasteiger partial charge in [0.25, 0.3) is 5.91 Å². The van der Waals surface area contributed by atoms with E-state index < -0.39 is 0 Å². The summed E-state index contributed by atoms with van der Waals surface area (Å²) < 4.78 is 0. The van der Waals surface area contributed by atoms with Gasteiger partial charge < -0.3 is 10.6 Å². The largest absolute Gasteiger partial charge is 0.352 e. The average Bonchev–Trinajstić information content (AvgIpc) is 2.92. The van der Waals surface area contributed by atoms with Crippen LogP contribution in [-0.4, -0.2) is 23.3 Å². The molecule has 0 fully saturated rings. The fourth-order valence-corrected chi connectivity index (χ4v) is 2.35. The van der Waals surface area contributed by atoms with E-state index in [1.165, 1.54) is 17.4 Å². The lowest BCUT2D eigenvalue weighted by atomic mass is 10.2. The van der Waals surface area contributed by atoms with Crippen LogP contribution in [0.15, 0.2) is 35.7 Å². The summed E-state index contributed by atoms with van der Waals surface area (Å²) in [5.74, 6) is -0.365. The molecule has 0 aliphatic carbocycles. The van der Waals surface area contributed by atoms with Gasteiger partial charge in [-0.15, -0.1) is 11.3 Å². The minimum absolute atomic E-state index is 0.126. The summed E-state index contributed by atoms with van der Waals surface area (Å²) in [6.45, 7) is 4.36. The number of anilines is 1. The Morgan fingerprint density at radius 1 is 1.27 bits per heavy atom. The van der Waals surface area contributed by atoms with Gasteiger partial charge in [-0.05, 0) is 44.2 Å². The number of carbonyl (C=O) groups is 2. The van der Waals surface area contributed by atoms with Gasteiger partial charge in [0, 0.05) is 29.3 Å². The SMILES string of the molecule is CCNC(=O)c1ccc(NC(=O)C=Cc2csc(C)n2)cc1. The second kappa shape index (κ2) is 7.51. The number of thiazole rings is 1. The molecule has 2 rings (SSSR count). The summed E-state index contributed by atoms with van der Waals surface area (Å²) in [6, 6.07) is 6.74. The highest BCUT2D eigenvalue weighted by molar-refractivity contribution is 7.09. The Labute approximate surface area is 133 Å². The molecule has 0 saturated carbocycles. The maximum Gasteiger partial charge on any atom is 0.251 e. The van der Waals surface area contributed by atoms with Gasteiger partial charge in [0.2, 0.25) is 5.91 Å². The lowest BCUT2D eigenvalue weighted by Crippen LogP contribution is -2.22. The second-order valence-electron chi connectivity index (χ2n) is 4.55. The van der Waals surface area contributed by atoms with Gasteiger partial charge in [-0.3, -0.25) is 9.59 Å². The summed E-state index contributed by atoms with van der Waals surface area (Å²) >= 11 is 1.54. The van der Waals surface area contributed by atoms with Crippen LogP contribution in [-0.2, 0) is 4.79 Å². The highest BCUT2D eigenvalue weighted by atomic mass is 32.1. The third-order valence-corrected chi connectivity index (χ3v) is 3.59. The van der Waals surface area contributed by atoms with Crippen LogP contribution in [0.5, 0.6) is 0 Å². The Balaban J connectivity index is 1.94. The number of aromatic nitrogens is 1. The van der Waals surface area contributed by atoms with Gasteiger partial charge in [0.05, 0.1) is 10.7 Å². The molecular formula is C16H17N3O2S. The van der Waals surface area contributed by atoms with Crippen molar-refractivity contribution in [2.45, 2.75) is 13.8 Å². The third kappa shape index (κ3) is 4.53. The minimum atomic E-state index is -0.239. The molecule has 2 aromatic rings. The molecule has 0 spiro atoms. The predicted molar refractivity (Wildman–Crippen MR) is 89.0 cm³/mol. The van der Waals surface area contributed by atoms with Crippen LogP contribution >= 0.6 is 11.3 Å². The van der Waals surface area contributed by atoms with Crippen molar-refractivity contribution in [3.8, 4) is 0 Å². The molecule has 0 radical (unpaired) electrons. The molecule has 1 heterocycles. The molecule has 0 aliphatic heterocycles. The summed E-state index contributed by atoms with van der Waals surface area (Å²) in [4.78, 5) is 27.7. The van der Waals surface area contributed by atoms with Gasteiger partial charge in [-0.2, -0.15) is 0 Å². The van der Waals surface area contributed by atoms with Crippen molar-refractivity contribution in [3.05, 3.63) is 52.0 Å². The van der Waals surface area contributed by atoms with E-state index in [4.69, 9.17) is 0 Å². The Kier molecular flexibility index (Phi) is 5.43. The third-order valence-electron chi connectivity index (χ3n) is 2.79. The number of rotatable bonds is 5. The zero-order valence-corrected chi connectivity index (χ0v) is 13.2. The van der Waals surface area contributed by atoms with Crippen molar-refractivity contribution < 1.29 is 9.59 Å². The first-order valence-corrected chi connectivity index (χ1v) is 7.76. The summed E-state index contributed by atoms with van der Waals surface area (Å²) in [6.07, 6.45) is 3.11. The predicted octanol–water partition coefficient (Wildman–Crippen LogP) is 2.85. The van der Waals surface area contributed by atoms with Crippen LogP contribution in [0.3, 0.4) is 0 Å². The van der Waals surface area contributed by atoms with Crippen LogP contribution < -0.4 is 10.6 Å². The minimum Gasteiger partial charge on any atom is -0.352 e. The number of carbonyl (C=O) groups excluding carboxylic acids is 2. The van der Waals surface area contributed by atoms with Gasteiger partial charge >= 0.3 is 0 Å². The van der Waals surface area contributed by atoms with Crippen LogP contribution in [0, 0.1) is 6.92 Å². The molecule has 0 saturated heterocycles. The molecule has 0 unspecified atom stereocenters. The van der Waals surface area contributed by atoms with Crippen molar-refractivity contribution in [1.82, 2.24) is 10.3 Å². The van der Waals surface area contributed by atoms with Gasteiger partial charge in [-0.25, -0.2) is 4.98 Å². The number of nitrogens with one attached hydrogen (secondary N) is 2. The topological polar surface area (TPSA) is 71.1 Å². The fraction of sp³-hybridized carbons (Fsp3) is 0.188. The Morgan fingerprint density at radius 3 is 2.59 bits per heavy atom.